The van der Waals surface area contributed by atoms with Gasteiger partial charge in [-0.3, -0.25) is 19.9 Å². The predicted molar refractivity (Wildman–Crippen MR) is 114 cm³/mol. The van der Waals surface area contributed by atoms with Gasteiger partial charge in [0.25, 0.3) is 0 Å². The molecule has 4 fully saturated rings. The van der Waals surface area contributed by atoms with Crippen molar-refractivity contribution in [1.82, 2.24) is 16.1 Å². The van der Waals surface area contributed by atoms with E-state index in [1.807, 2.05) is 0 Å². The van der Waals surface area contributed by atoms with E-state index >= 15 is 0 Å². The van der Waals surface area contributed by atoms with Crippen molar-refractivity contribution >= 4 is 12.2 Å². The molecule has 3 saturated carbocycles. The van der Waals surface area contributed by atoms with Gasteiger partial charge in [0.15, 0.2) is 0 Å². The first-order valence-electron chi connectivity index (χ1n) is 12.0. The lowest BCUT2D eigenvalue weighted by Crippen LogP contribution is -2.59. The fourth-order valence-corrected chi connectivity index (χ4v) is 7.95. The van der Waals surface area contributed by atoms with Crippen LogP contribution in [0.5, 0.6) is 0 Å². The number of amides is 1. The van der Waals surface area contributed by atoms with Gasteiger partial charge in [0.05, 0.1) is 6.10 Å². The third-order valence-corrected chi connectivity index (χ3v) is 9.68. The number of hydrogen-bond donors (Lipinski definition) is 3. The number of Topliss-reactive ketones (excluding diaryl/α,β-unsaturated/α-hetero) is 1. The van der Waals surface area contributed by atoms with Crippen LogP contribution in [0, 0.1) is 34.5 Å². The largest absolute Gasteiger partial charge is 0.355 e. The predicted octanol–water partition coefficient (Wildman–Crippen LogP) is 2.70. The van der Waals surface area contributed by atoms with E-state index in [-0.39, 0.29) is 23.0 Å². The van der Waals surface area contributed by atoms with Gasteiger partial charge in [0.1, 0.15) is 5.78 Å². The molecule has 8 atom stereocenters. The number of fused-ring (bicyclic) bond motifs is 5. The van der Waals surface area contributed by atoms with E-state index in [1.54, 1.807) is 0 Å². The zero-order valence-electron chi connectivity index (χ0n) is 18.4. The lowest BCUT2D eigenvalue weighted by molar-refractivity contribution is -0.138. The maximum absolute atomic E-state index is 12.7. The number of carbonyl (C=O) groups excluding carboxylic acids is 2. The quantitative estimate of drug-likeness (QED) is 0.475. The van der Waals surface area contributed by atoms with Gasteiger partial charge in [-0.1, -0.05) is 19.9 Å². The van der Waals surface area contributed by atoms with Crippen molar-refractivity contribution in [3.63, 3.8) is 0 Å². The molecule has 1 amide bonds. The Bertz CT molecular complexity index is 733. The van der Waals surface area contributed by atoms with Crippen molar-refractivity contribution in [3.05, 3.63) is 11.8 Å². The third-order valence-electron chi connectivity index (χ3n) is 9.68. The molecule has 6 heteroatoms. The second-order valence-corrected chi connectivity index (χ2v) is 11.0. The summed E-state index contributed by atoms with van der Waals surface area (Å²) in [4.78, 5) is 30.1. The maximum Gasteiger partial charge on any atom is 0.207 e. The molecule has 4 aliphatic carbocycles. The van der Waals surface area contributed by atoms with Crippen molar-refractivity contribution in [3.8, 4) is 0 Å². The highest BCUT2D eigenvalue weighted by atomic mass is 16.7. The number of allylic oxidation sites excluding steroid dienone is 1. The summed E-state index contributed by atoms with van der Waals surface area (Å²) in [5.74, 6) is 2.45. The SMILES string of the molecule is C[C@]12CCC(NOC3CCNC3)=CC1C(NC=O)C[C@@H]1[C@H]2CC[C@]2(C)C(=O)CC[C@@H]12. The summed E-state index contributed by atoms with van der Waals surface area (Å²) in [7, 11) is 0. The monoisotopic (exact) mass is 415 g/mol. The van der Waals surface area contributed by atoms with E-state index in [0.717, 1.165) is 76.6 Å². The van der Waals surface area contributed by atoms with Crippen LogP contribution in [-0.2, 0) is 14.4 Å². The average molecular weight is 416 g/mol. The molecule has 1 aliphatic heterocycles. The molecule has 5 rings (SSSR count). The maximum atomic E-state index is 12.7. The molecular weight excluding hydrogens is 378 g/mol. The molecular formula is C24H37N3O3. The Morgan fingerprint density at radius 2 is 2.03 bits per heavy atom. The molecule has 0 aromatic rings. The fraction of sp³-hybridized carbons (Fsp3) is 0.833. The van der Waals surface area contributed by atoms with Crippen LogP contribution in [0.15, 0.2) is 11.8 Å². The molecule has 1 heterocycles. The van der Waals surface area contributed by atoms with Gasteiger partial charge in [0.2, 0.25) is 6.41 Å². The van der Waals surface area contributed by atoms with Gasteiger partial charge >= 0.3 is 0 Å². The Hall–Kier alpha value is -1.40. The molecule has 0 aromatic heterocycles. The number of rotatable bonds is 5. The fourth-order valence-electron chi connectivity index (χ4n) is 7.95. The van der Waals surface area contributed by atoms with Crippen LogP contribution in [0.3, 0.4) is 0 Å². The highest BCUT2D eigenvalue weighted by Gasteiger charge is 2.61. The van der Waals surface area contributed by atoms with Crippen LogP contribution < -0.4 is 16.1 Å². The molecule has 1 saturated heterocycles. The first-order chi connectivity index (χ1) is 14.5. The molecule has 0 radical (unpaired) electrons. The van der Waals surface area contributed by atoms with E-state index in [1.165, 1.54) is 0 Å². The van der Waals surface area contributed by atoms with Crippen molar-refractivity contribution in [2.24, 2.45) is 34.5 Å². The normalized spacial score (nSPS) is 47.7. The second-order valence-electron chi connectivity index (χ2n) is 11.0. The van der Waals surface area contributed by atoms with Crippen LogP contribution in [0.1, 0.15) is 65.2 Å². The summed E-state index contributed by atoms with van der Waals surface area (Å²) in [6, 6.07) is 0.136. The van der Waals surface area contributed by atoms with Crippen LogP contribution >= 0.6 is 0 Å². The molecule has 166 valence electrons. The van der Waals surface area contributed by atoms with Crippen LogP contribution in [0.25, 0.3) is 0 Å². The minimum absolute atomic E-state index is 0.129. The molecule has 30 heavy (non-hydrogen) atoms. The lowest BCUT2D eigenvalue weighted by atomic mass is 9.45. The van der Waals surface area contributed by atoms with Crippen molar-refractivity contribution in [2.75, 3.05) is 13.1 Å². The summed E-state index contributed by atoms with van der Waals surface area (Å²) >= 11 is 0. The van der Waals surface area contributed by atoms with Crippen LogP contribution in [0.4, 0.5) is 0 Å². The lowest BCUT2D eigenvalue weighted by Gasteiger charge is -2.60. The molecule has 3 unspecified atom stereocenters. The number of nitrogens with one attached hydrogen (secondary N) is 3. The topological polar surface area (TPSA) is 79.5 Å². The Morgan fingerprint density at radius 1 is 1.17 bits per heavy atom. The van der Waals surface area contributed by atoms with Crippen molar-refractivity contribution in [2.45, 2.75) is 77.4 Å². The first-order valence-corrected chi connectivity index (χ1v) is 12.0. The highest BCUT2D eigenvalue weighted by molar-refractivity contribution is 5.87. The molecule has 5 aliphatic rings. The van der Waals surface area contributed by atoms with E-state index in [4.69, 9.17) is 4.84 Å². The molecule has 3 N–H and O–H groups in total. The standard InChI is InChI=1S/C24H37N3O3/c1-23-8-5-15(27-30-16-7-10-25-13-16)11-20(23)21(26-14-28)12-17-18-3-4-22(29)24(18,2)9-6-19(17)23/h11,14,16-21,25,27H,3-10,12-13H2,1-2H3,(H,26,28)/t16?,17-,18-,19+,20?,21?,23+,24-/m0/s1. The molecule has 0 aromatic carbocycles. The van der Waals surface area contributed by atoms with Crippen LogP contribution in [-0.4, -0.2) is 37.4 Å². The Morgan fingerprint density at radius 3 is 2.80 bits per heavy atom. The van der Waals surface area contributed by atoms with Gasteiger partial charge in [-0.2, -0.15) is 0 Å². The Balaban J connectivity index is 1.39. The van der Waals surface area contributed by atoms with E-state index in [0.29, 0.717) is 29.5 Å². The number of hydrogen-bond acceptors (Lipinski definition) is 5. The van der Waals surface area contributed by atoms with Gasteiger partial charge in [-0.25, -0.2) is 0 Å². The zero-order chi connectivity index (χ0) is 20.9. The zero-order valence-corrected chi connectivity index (χ0v) is 18.4. The first kappa shape index (κ1) is 20.5. The number of carbonyl (C=O) groups is 2. The Labute approximate surface area is 179 Å². The van der Waals surface area contributed by atoms with Crippen molar-refractivity contribution in [1.29, 1.82) is 0 Å². The summed E-state index contributed by atoms with van der Waals surface area (Å²) in [5, 5.41) is 6.51. The van der Waals surface area contributed by atoms with E-state index in [9.17, 15) is 9.59 Å². The van der Waals surface area contributed by atoms with E-state index in [2.05, 4.69) is 36.0 Å². The molecule has 0 spiro atoms. The highest BCUT2D eigenvalue weighted by Crippen LogP contribution is 2.64. The molecule has 0 bridgehead atoms. The smallest absolute Gasteiger partial charge is 0.207 e. The molecule has 6 nitrogen and oxygen atoms in total. The van der Waals surface area contributed by atoms with Crippen molar-refractivity contribution < 1.29 is 14.4 Å². The Kier molecular flexibility index (Phi) is 5.21. The average Bonchev–Trinajstić information content (AvgIpc) is 3.35. The minimum Gasteiger partial charge on any atom is -0.355 e. The van der Waals surface area contributed by atoms with Gasteiger partial charge in [0, 0.05) is 36.0 Å². The van der Waals surface area contributed by atoms with Crippen LogP contribution in [0.2, 0.25) is 0 Å². The summed E-state index contributed by atoms with van der Waals surface area (Å²) in [6.45, 7) is 6.59. The summed E-state index contributed by atoms with van der Waals surface area (Å²) in [6.07, 6.45) is 11.6. The number of ketones is 1. The minimum atomic E-state index is -0.129. The summed E-state index contributed by atoms with van der Waals surface area (Å²) in [5.41, 5.74) is 4.46. The second kappa shape index (κ2) is 7.63. The third kappa shape index (κ3) is 3.13. The number of hydroxylamine groups is 1. The van der Waals surface area contributed by atoms with Gasteiger partial charge in [-0.15, -0.1) is 0 Å². The van der Waals surface area contributed by atoms with Gasteiger partial charge < -0.3 is 10.6 Å². The van der Waals surface area contributed by atoms with Gasteiger partial charge in [-0.05, 0) is 74.7 Å². The van der Waals surface area contributed by atoms with E-state index < -0.39 is 0 Å². The summed E-state index contributed by atoms with van der Waals surface area (Å²) < 4.78 is 0.